The minimum atomic E-state index is -3.87. The van der Waals surface area contributed by atoms with Gasteiger partial charge in [0.05, 0.1) is 29.9 Å². The molecular formula is C27H25ClN2O5S. The van der Waals surface area contributed by atoms with E-state index in [1.54, 1.807) is 38.3 Å². The molecular weight excluding hydrogens is 500 g/mol. The summed E-state index contributed by atoms with van der Waals surface area (Å²) < 4.78 is 36.4. The number of nitrogens with zero attached hydrogens (tertiary/aromatic N) is 1. The highest BCUT2D eigenvalue weighted by Crippen LogP contribution is 2.42. The van der Waals surface area contributed by atoms with E-state index in [1.165, 1.54) is 12.1 Å². The molecule has 36 heavy (non-hydrogen) atoms. The first kappa shape index (κ1) is 25.5. The van der Waals surface area contributed by atoms with E-state index in [4.69, 9.17) is 26.2 Å². The zero-order chi connectivity index (χ0) is 26.0. The number of halogens is 1. The van der Waals surface area contributed by atoms with Crippen molar-refractivity contribution in [1.82, 2.24) is 4.57 Å². The first-order valence-corrected chi connectivity index (χ1v) is 13.0. The summed E-state index contributed by atoms with van der Waals surface area (Å²) in [6.07, 6.45) is 0. The fraction of sp³-hybridized carbons (Fsp3) is 0.148. The fourth-order valence-corrected chi connectivity index (χ4v) is 4.83. The lowest BCUT2D eigenvalue weighted by Crippen LogP contribution is -2.12. The van der Waals surface area contributed by atoms with Crippen LogP contribution in [0.2, 0.25) is 5.02 Å². The fourth-order valence-electron chi connectivity index (χ4n) is 4.19. The van der Waals surface area contributed by atoms with Crippen molar-refractivity contribution < 1.29 is 22.7 Å². The van der Waals surface area contributed by atoms with Crippen molar-refractivity contribution in [3.8, 4) is 33.8 Å². The predicted octanol–water partition coefficient (Wildman–Crippen LogP) is 5.61. The normalized spacial score (nSPS) is 11.4. The molecule has 186 valence electrons. The Morgan fingerprint density at radius 1 is 1.00 bits per heavy atom. The standard InChI is InChI=1S/C27H25ClN2O5S/c1-4-35-27(31)24-17(2)30(21-12-14-23(15-13-21)36(29,32)33)26(18-8-10-20(28)11-9-18)25(24)19-6-5-7-22(16-19)34-3/h5-16H,4H2,1-3H3,(H2,29,32,33). The van der Waals surface area contributed by atoms with Crippen molar-refractivity contribution in [1.29, 1.82) is 0 Å². The number of nitrogens with two attached hydrogens (primary N) is 1. The molecule has 7 nitrogen and oxygen atoms in total. The van der Waals surface area contributed by atoms with Crippen molar-refractivity contribution in [2.45, 2.75) is 18.7 Å². The van der Waals surface area contributed by atoms with Crippen LogP contribution < -0.4 is 9.88 Å². The van der Waals surface area contributed by atoms with Crippen LogP contribution in [0, 0.1) is 6.92 Å². The van der Waals surface area contributed by atoms with Crippen LogP contribution in [0.4, 0.5) is 0 Å². The van der Waals surface area contributed by atoms with Crippen LogP contribution in [0.5, 0.6) is 5.75 Å². The average Bonchev–Trinajstić information content (AvgIpc) is 3.17. The lowest BCUT2D eigenvalue weighted by atomic mass is 9.96. The van der Waals surface area contributed by atoms with Gasteiger partial charge in [-0.15, -0.1) is 0 Å². The molecule has 1 heterocycles. The van der Waals surface area contributed by atoms with Gasteiger partial charge in [-0.3, -0.25) is 0 Å². The highest BCUT2D eigenvalue weighted by Gasteiger charge is 2.29. The molecule has 4 rings (SSSR count). The predicted molar refractivity (Wildman–Crippen MR) is 140 cm³/mol. The zero-order valence-electron chi connectivity index (χ0n) is 20.0. The van der Waals surface area contributed by atoms with Crippen LogP contribution in [0.3, 0.4) is 0 Å². The molecule has 0 unspecified atom stereocenters. The molecule has 0 spiro atoms. The van der Waals surface area contributed by atoms with Gasteiger partial charge in [0, 0.05) is 22.0 Å². The summed E-state index contributed by atoms with van der Waals surface area (Å²) in [6.45, 7) is 3.78. The van der Waals surface area contributed by atoms with Crippen molar-refractivity contribution >= 4 is 27.6 Å². The van der Waals surface area contributed by atoms with Crippen LogP contribution >= 0.6 is 11.6 Å². The monoisotopic (exact) mass is 524 g/mol. The molecule has 0 aliphatic rings. The molecule has 2 N–H and O–H groups in total. The Bertz CT molecular complexity index is 1530. The lowest BCUT2D eigenvalue weighted by molar-refractivity contribution is 0.0526. The molecule has 0 aliphatic heterocycles. The van der Waals surface area contributed by atoms with Crippen LogP contribution in [0.1, 0.15) is 23.0 Å². The Kier molecular flexibility index (Phi) is 7.21. The number of sulfonamides is 1. The van der Waals surface area contributed by atoms with Gasteiger partial charge in [0.2, 0.25) is 10.0 Å². The number of hydrogen-bond donors (Lipinski definition) is 1. The summed E-state index contributed by atoms with van der Waals surface area (Å²) in [6, 6.07) is 20.9. The minimum Gasteiger partial charge on any atom is -0.497 e. The Balaban J connectivity index is 2.11. The van der Waals surface area contributed by atoms with E-state index in [2.05, 4.69) is 0 Å². The highest BCUT2D eigenvalue weighted by molar-refractivity contribution is 7.89. The number of aromatic nitrogens is 1. The summed E-state index contributed by atoms with van der Waals surface area (Å²) in [5.41, 5.74) is 4.58. The summed E-state index contributed by atoms with van der Waals surface area (Å²) in [7, 11) is -2.29. The number of methoxy groups -OCH3 is 1. The smallest absolute Gasteiger partial charge is 0.340 e. The minimum absolute atomic E-state index is 0.0114. The van der Waals surface area contributed by atoms with E-state index in [0.29, 0.717) is 39.0 Å². The Morgan fingerprint density at radius 2 is 1.67 bits per heavy atom. The maximum atomic E-state index is 13.3. The maximum absolute atomic E-state index is 13.3. The van der Waals surface area contributed by atoms with E-state index in [-0.39, 0.29) is 11.5 Å². The van der Waals surface area contributed by atoms with Gasteiger partial charge in [-0.1, -0.05) is 35.9 Å². The molecule has 0 aliphatic carbocycles. The molecule has 0 amide bonds. The highest BCUT2D eigenvalue weighted by atomic mass is 35.5. The van der Waals surface area contributed by atoms with Crippen LogP contribution in [0.25, 0.3) is 28.1 Å². The Labute approximate surface area is 215 Å². The van der Waals surface area contributed by atoms with Crippen molar-refractivity contribution in [2.24, 2.45) is 5.14 Å². The third kappa shape index (κ3) is 4.88. The third-order valence-electron chi connectivity index (χ3n) is 5.79. The summed E-state index contributed by atoms with van der Waals surface area (Å²) in [5, 5.41) is 5.86. The number of ether oxygens (including phenoxy) is 2. The number of esters is 1. The van der Waals surface area contributed by atoms with Crippen molar-refractivity contribution in [3.05, 3.63) is 89.1 Å². The van der Waals surface area contributed by atoms with E-state index < -0.39 is 16.0 Å². The largest absolute Gasteiger partial charge is 0.497 e. The number of hydrogen-bond acceptors (Lipinski definition) is 5. The molecule has 0 bridgehead atoms. The summed E-state index contributed by atoms with van der Waals surface area (Å²) >= 11 is 6.17. The molecule has 0 radical (unpaired) electrons. The second-order valence-electron chi connectivity index (χ2n) is 8.02. The van der Waals surface area contributed by atoms with E-state index >= 15 is 0 Å². The van der Waals surface area contributed by atoms with Gasteiger partial charge in [0.25, 0.3) is 0 Å². The summed E-state index contributed by atoms with van der Waals surface area (Å²) in [4.78, 5) is 13.3. The number of primary sulfonamides is 1. The quantitative estimate of drug-likeness (QED) is 0.317. The SMILES string of the molecule is CCOC(=O)c1c(-c2cccc(OC)c2)c(-c2ccc(Cl)cc2)n(-c2ccc(S(N)(=O)=O)cc2)c1C. The van der Waals surface area contributed by atoms with Gasteiger partial charge in [0.1, 0.15) is 5.75 Å². The van der Waals surface area contributed by atoms with E-state index in [1.807, 2.05) is 47.9 Å². The molecule has 0 fully saturated rings. The van der Waals surface area contributed by atoms with Gasteiger partial charge >= 0.3 is 5.97 Å². The lowest BCUT2D eigenvalue weighted by Gasteiger charge is -2.15. The number of carbonyl (C=O) groups is 1. The van der Waals surface area contributed by atoms with E-state index in [0.717, 1.165) is 11.1 Å². The van der Waals surface area contributed by atoms with E-state index in [9.17, 15) is 13.2 Å². The average molecular weight is 525 g/mol. The number of benzene rings is 3. The molecule has 4 aromatic rings. The van der Waals surface area contributed by atoms with Crippen molar-refractivity contribution in [3.63, 3.8) is 0 Å². The molecule has 9 heteroatoms. The number of carbonyl (C=O) groups excluding carboxylic acids is 1. The van der Waals surface area contributed by atoms with Gasteiger partial charge < -0.3 is 14.0 Å². The summed E-state index contributed by atoms with van der Waals surface area (Å²) in [5.74, 6) is 0.162. The van der Waals surface area contributed by atoms with Crippen LogP contribution in [0.15, 0.2) is 77.7 Å². The second kappa shape index (κ2) is 10.2. The molecule has 0 atom stereocenters. The van der Waals surface area contributed by atoms with Crippen LogP contribution in [-0.4, -0.2) is 32.7 Å². The zero-order valence-corrected chi connectivity index (χ0v) is 21.6. The van der Waals surface area contributed by atoms with Crippen LogP contribution in [-0.2, 0) is 14.8 Å². The maximum Gasteiger partial charge on any atom is 0.340 e. The van der Waals surface area contributed by atoms with Crippen molar-refractivity contribution in [2.75, 3.05) is 13.7 Å². The molecule has 0 saturated heterocycles. The van der Waals surface area contributed by atoms with Gasteiger partial charge in [-0.05, 0) is 73.5 Å². The first-order valence-electron chi connectivity index (χ1n) is 11.1. The van der Waals surface area contributed by atoms with Gasteiger partial charge in [-0.25, -0.2) is 18.4 Å². The molecule has 1 aromatic heterocycles. The third-order valence-corrected chi connectivity index (χ3v) is 6.97. The second-order valence-corrected chi connectivity index (χ2v) is 10.0. The first-order chi connectivity index (χ1) is 17.2. The van der Waals surface area contributed by atoms with Gasteiger partial charge in [0.15, 0.2) is 0 Å². The number of rotatable bonds is 7. The Morgan fingerprint density at radius 3 is 2.25 bits per heavy atom. The molecule has 0 saturated carbocycles. The Hall–Kier alpha value is -3.59. The molecule has 3 aromatic carbocycles. The topological polar surface area (TPSA) is 101 Å². The van der Waals surface area contributed by atoms with Gasteiger partial charge in [-0.2, -0.15) is 0 Å².